The van der Waals surface area contributed by atoms with E-state index in [-0.39, 0.29) is 19.1 Å². The van der Waals surface area contributed by atoms with Crippen LogP contribution in [0.5, 0.6) is 5.75 Å². The van der Waals surface area contributed by atoms with E-state index in [9.17, 15) is 9.90 Å². The molecule has 0 heterocycles. The van der Waals surface area contributed by atoms with Crippen molar-refractivity contribution in [2.24, 2.45) is 0 Å². The molecule has 1 aromatic rings. The van der Waals surface area contributed by atoms with E-state index < -0.39 is 6.10 Å². The topological polar surface area (TPSA) is 61.8 Å². The van der Waals surface area contributed by atoms with Crippen molar-refractivity contribution in [1.82, 2.24) is 10.2 Å². The Morgan fingerprint density at radius 3 is 2.70 bits per heavy atom. The Morgan fingerprint density at radius 1 is 1.45 bits per heavy atom. The van der Waals surface area contributed by atoms with Gasteiger partial charge in [0.25, 0.3) is 0 Å². The summed E-state index contributed by atoms with van der Waals surface area (Å²) in [7, 11) is 1.74. The van der Waals surface area contributed by atoms with Gasteiger partial charge >= 0.3 is 0 Å². The Balaban J connectivity index is 2.19. The number of rotatable bonds is 8. The number of hydrogen-bond acceptors (Lipinski definition) is 4. The van der Waals surface area contributed by atoms with Crippen LogP contribution in [0, 0.1) is 0 Å². The summed E-state index contributed by atoms with van der Waals surface area (Å²) in [5, 5.41) is 13.3. The van der Waals surface area contributed by atoms with E-state index >= 15 is 0 Å². The van der Waals surface area contributed by atoms with E-state index in [2.05, 4.69) is 5.32 Å². The van der Waals surface area contributed by atoms with Crippen molar-refractivity contribution in [3.63, 3.8) is 0 Å². The fourth-order valence-corrected chi connectivity index (χ4v) is 1.57. The van der Waals surface area contributed by atoms with E-state index in [4.69, 9.17) is 16.3 Å². The van der Waals surface area contributed by atoms with Gasteiger partial charge in [-0.05, 0) is 31.2 Å². The maximum atomic E-state index is 11.5. The first kappa shape index (κ1) is 16.8. The second-order valence-electron chi connectivity index (χ2n) is 4.46. The highest BCUT2D eigenvalue weighted by Crippen LogP contribution is 2.15. The summed E-state index contributed by atoms with van der Waals surface area (Å²) in [6.07, 6.45) is -0.676. The van der Waals surface area contributed by atoms with Gasteiger partial charge in [0.1, 0.15) is 18.5 Å². The van der Waals surface area contributed by atoms with Gasteiger partial charge in [0, 0.05) is 25.2 Å². The van der Waals surface area contributed by atoms with E-state index in [1.807, 2.05) is 6.92 Å². The number of hydrogen-bond donors (Lipinski definition) is 2. The zero-order chi connectivity index (χ0) is 15.0. The van der Waals surface area contributed by atoms with Crippen LogP contribution >= 0.6 is 11.6 Å². The standard InChI is InChI=1S/C14H21ClN2O3/c1-3-17(2)14(19)9-16-8-12(18)10-20-13-6-4-11(15)5-7-13/h4-7,12,16,18H,3,8-10H2,1-2H3. The summed E-state index contributed by atoms with van der Waals surface area (Å²) < 4.78 is 5.40. The molecular weight excluding hydrogens is 280 g/mol. The summed E-state index contributed by atoms with van der Waals surface area (Å²) in [6.45, 7) is 3.25. The Morgan fingerprint density at radius 2 is 2.10 bits per heavy atom. The third-order valence-electron chi connectivity index (χ3n) is 2.81. The Labute approximate surface area is 124 Å². The van der Waals surface area contributed by atoms with Gasteiger partial charge in [-0.1, -0.05) is 11.6 Å². The van der Waals surface area contributed by atoms with E-state index in [1.165, 1.54) is 0 Å². The molecular formula is C14H21ClN2O3. The average molecular weight is 301 g/mol. The second kappa shape index (κ2) is 8.79. The van der Waals surface area contributed by atoms with Gasteiger partial charge in [-0.25, -0.2) is 0 Å². The number of carbonyl (C=O) groups excluding carboxylic acids is 1. The first-order valence-electron chi connectivity index (χ1n) is 6.54. The molecule has 112 valence electrons. The Kier molecular flexibility index (Phi) is 7.36. The van der Waals surface area contributed by atoms with Crippen molar-refractivity contribution >= 4 is 17.5 Å². The number of halogens is 1. The van der Waals surface area contributed by atoms with Gasteiger partial charge in [0.05, 0.1) is 6.54 Å². The van der Waals surface area contributed by atoms with Crippen LogP contribution in [0.4, 0.5) is 0 Å². The van der Waals surface area contributed by atoms with Crippen molar-refractivity contribution in [2.45, 2.75) is 13.0 Å². The molecule has 1 unspecified atom stereocenters. The fourth-order valence-electron chi connectivity index (χ4n) is 1.44. The number of nitrogens with one attached hydrogen (secondary N) is 1. The molecule has 0 radical (unpaired) electrons. The van der Waals surface area contributed by atoms with Crippen LogP contribution < -0.4 is 10.1 Å². The monoisotopic (exact) mass is 300 g/mol. The molecule has 0 aliphatic heterocycles. The van der Waals surface area contributed by atoms with Gasteiger partial charge < -0.3 is 20.1 Å². The highest BCUT2D eigenvalue weighted by Gasteiger charge is 2.09. The minimum Gasteiger partial charge on any atom is -0.491 e. The fraction of sp³-hybridized carbons (Fsp3) is 0.500. The van der Waals surface area contributed by atoms with Crippen LogP contribution in [-0.2, 0) is 4.79 Å². The van der Waals surface area contributed by atoms with Gasteiger partial charge in [-0.2, -0.15) is 0 Å². The maximum absolute atomic E-state index is 11.5. The summed E-state index contributed by atoms with van der Waals surface area (Å²) in [6, 6.07) is 6.92. The highest BCUT2D eigenvalue weighted by molar-refractivity contribution is 6.30. The lowest BCUT2D eigenvalue weighted by atomic mass is 10.3. The largest absolute Gasteiger partial charge is 0.491 e. The normalized spacial score (nSPS) is 12.0. The average Bonchev–Trinajstić information content (AvgIpc) is 2.45. The quantitative estimate of drug-likeness (QED) is 0.756. The molecule has 6 heteroatoms. The van der Waals surface area contributed by atoms with Crippen LogP contribution in [0.25, 0.3) is 0 Å². The second-order valence-corrected chi connectivity index (χ2v) is 4.89. The molecule has 5 nitrogen and oxygen atoms in total. The maximum Gasteiger partial charge on any atom is 0.236 e. The van der Waals surface area contributed by atoms with Crippen molar-refractivity contribution in [2.75, 3.05) is 33.3 Å². The van der Waals surface area contributed by atoms with Crippen molar-refractivity contribution in [1.29, 1.82) is 0 Å². The number of aliphatic hydroxyl groups excluding tert-OH is 1. The summed E-state index contributed by atoms with van der Waals surface area (Å²) >= 11 is 5.76. The van der Waals surface area contributed by atoms with Crippen LogP contribution in [0.1, 0.15) is 6.92 Å². The number of amides is 1. The first-order valence-corrected chi connectivity index (χ1v) is 6.91. The van der Waals surface area contributed by atoms with Crippen molar-refractivity contribution in [3.05, 3.63) is 29.3 Å². The van der Waals surface area contributed by atoms with Crippen LogP contribution in [0.2, 0.25) is 5.02 Å². The summed E-state index contributed by atoms with van der Waals surface area (Å²) in [5.74, 6) is 0.647. The number of carbonyl (C=O) groups is 1. The molecule has 2 N–H and O–H groups in total. The Hall–Kier alpha value is -1.30. The third kappa shape index (κ3) is 6.23. The molecule has 20 heavy (non-hydrogen) atoms. The number of nitrogens with zero attached hydrogens (tertiary/aromatic N) is 1. The van der Waals surface area contributed by atoms with E-state index in [0.29, 0.717) is 23.9 Å². The summed E-state index contributed by atoms with van der Waals surface area (Å²) in [5.41, 5.74) is 0. The molecule has 1 rings (SSSR count). The number of aliphatic hydroxyl groups is 1. The zero-order valence-corrected chi connectivity index (χ0v) is 12.6. The first-order chi connectivity index (χ1) is 9.52. The minimum absolute atomic E-state index is 0.00156. The third-order valence-corrected chi connectivity index (χ3v) is 3.06. The van der Waals surface area contributed by atoms with E-state index in [0.717, 1.165) is 0 Å². The van der Waals surface area contributed by atoms with Crippen LogP contribution in [-0.4, -0.2) is 55.3 Å². The SMILES string of the molecule is CCN(C)C(=O)CNCC(O)COc1ccc(Cl)cc1. The molecule has 0 aliphatic rings. The molecule has 1 aromatic carbocycles. The molecule has 1 atom stereocenters. The van der Waals surface area contributed by atoms with E-state index in [1.54, 1.807) is 36.2 Å². The predicted octanol–water partition coefficient (Wildman–Crippen LogP) is 1.15. The highest BCUT2D eigenvalue weighted by atomic mass is 35.5. The smallest absolute Gasteiger partial charge is 0.236 e. The zero-order valence-electron chi connectivity index (χ0n) is 11.8. The molecule has 0 aromatic heterocycles. The Bertz CT molecular complexity index is 411. The molecule has 0 saturated carbocycles. The lowest BCUT2D eigenvalue weighted by Crippen LogP contribution is -2.39. The minimum atomic E-state index is -0.676. The van der Waals surface area contributed by atoms with Gasteiger partial charge in [-0.3, -0.25) is 4.79 Å². The molecule has 0 aliphatic carbocycles. The molecule has 0 fully saturated rings. The van der Waals surface area contributed by atoms with Gasteiger partial charge in [0.2, 0.25) is 5.91 Å². The lowest BCUT2D eigenvalue weighted by molar-refractivity contribution is -0.128. The number of likely N-dealkylation sites (N-methyl/N-ethyl adjacent to an activating group) is 1. The van der Waals surface area contributed by atoms with Crippen LogP contribution in [0.3, 0.4) is 0 Å². The molecule has 0 bridgehead atoms. The molecule has 1 amide bonds. The van der Waals surface area contributed by atoms with Crippen molar-refractivity contribution < 1.29 is 14.6 Å². The van der Waals surface area contributed by atoms with Crippen LogP contribution in [0.15, 0.2) is 24.3 Å². The molecule has 0 spiro atoms. The number of benzene rings is 1. The predicted molar refractivity (Wildman–Crippen MR) is 79.1 cm³/mol. The van der Waals surface area contributed by atoms with Gasteiger partial charge in [0.15, 0.2) is 0 Å². The molecule has 0 saturated heterocycles. The summed E-state index contributed by atoms with van der Waals surface area (Å²) in [4.78, 5) is 13.1. The lowest BCUT2D eigenvalue weighted by Gasteiger charge is -2.16. The number of ether oxygens (including phenoxy) is 1. The van der Waals surface area contributed by atoms with Crippen molar-refractivity contribution in [3.8, 4) is 5.75 Å². The van der Waals surface area contributed by atoms with Gasteiger partial charge in [-0.15, -0.1) is 0 Å².